The van der Waals surface area contributed by atoms with E-state index in [2.05, 4.69) is 41.4 Å². The highest BCUT2D eigenvalue weighted by atomic mass is 32.1. The van der Waals surface area contributed by atoms with Gasteiger partial charge in [0.25, 0.3) is 0 Å². The molecule has 0 aromatic heterocycles. The van der Waals surface area contributed by atoms with Crippen molar-refractivity contribution in [1.29, 1.82) is 0 Å². The molecule has 0 amide bonds. The molecule has 0 saturated heterocycles. The maximum atomic E-state index is 5.83. The molecule has 0 aliphatic rings. The van der Waals surface area contributed by atoms with Gasteiger partial charge in [-0.3, -0.25) is 0 Å². The molecule has 0 aliphatic carbocycles. The summed E-state index contributed by atoms with van der Waals surface area (Å²) in [6.07, 6.45) is 0. The van der Waals surface area contributed by atoms with E-state index in [4.69, 9.17) is 21.7 Å². The van der Waals surface area contributed by atoms with Crippen LogP contribution in [0.15, 0.2) is 78.9 Å². The number of hydrogen-bond acceptors (Lipinski definition) is 3. The Bertz CT molecular complexity index is 948. The molecule has 3 aromatic carbocycles. The van der Waals surface area contributed by atoms with Gasteiger partial charge in [0.2, 0.25) is 0 Å². The Balaban J connectivity index is 1.84. The highest BCUT2D eigenvalue weighted by Crippen LogP contribution is 2.26. The van der Waals surface area contributed by atoms with Crippen LogP contribution in [0.1, 0.15) is 29.7 Å². The van der Waals surface area contributed by atoms with Crippen LogP contribution in [0.2, 0.25) is 0 Å². The molecule has 156 valence electrons. The van der Waals surface area contributed by atoms with Crippen LogP contribution in [0.4, 0.5) is 0 Å². The van der Waals surface area contributed by atoms with Gasteiger partial charge in [-0.05, 0) is 48.5 Å². The minimum absolute atomic E-state index is 0.101. The summed E-state index contributed by atoms with van der Waals surface area (Å²) in [7, 11) is 3.35. The second-order valence-electron chi connectivity index (χ2n) is 7.10. The monoisotopic (exact) mass is 420 g/mol. The van der Waals surface area contributed by atoms with E-state index in [-0.39, 0.29) is 6.04 Å². The zero-order valence-electron chi connectivity index (χ0n) is 17.7. The predicted octanol–water partition coefficient (Wildman–Crippen LogP) is 5.34. The third kappa shape index (κ3) is 5.74. The van der Waals surface area contributed by atoms with Gasteiger partial charge in [-0.2, -0.15) is 0 Å². The molecular weight excluding hydrogens is 392 g/mol. The molecule has 5 heteroatoms. The lowest BCUT2D eigenvalue weighted by Crippen LogP contribution is -2.40. The summed E-state index contributed by atoms with van der Waals surface area (Å²) in [5.74, 6) is 1.61. The van der Waals surface area contributed by atoms with Gasteiger partial charge in [-0.25, -0.2) is 0 Å². The Morgan fingerprint density at radius 1 is 0.900 bits per heavy atom. The number of ether oxygens (including phenoxy) is 2. The van der Waals surface area contributed by atoms with Gasteiger partial charge in [0.15, 0.2) is 5.11 Å². The van der Waals surface area contributed by atoms with Crippen LogP contribution in [0, 0.1) is 0 Å². The van der Waals surface area contributed by atoms with Gasteiger partial charge in [0.1, 0.15) is 11.5 Å². The van der Waals surface area contributed by atoms with Crippen molar-refractivity contribution in [2.45, 2.75) is 26.1 Å². The van der Waals surface area contributed by atoms with Gasteiger partial charge in [-0.15, -0.1) is 0 Å². The molecule has 30 heavy (non-hydrogen) atoms. The highest BCUT2D eigenvalue weighted by Gasteiger charge is 2.17. The number of benzene rings is 3. The fourth-order valence-corrected chi connectivity index (χ4v) is 3.62. The second-order valence-corrected chi connectivity index (χ2v) is 7.49. The van der Waals surface area contributed by atoms with E-state index in [1.807, 2.05) is 54.6 Å². The Morgan fingerprint density at radius 2 is 1.57 bits per heavy atom. The lowest BCUT2D eigenvalue weighted by Gasteiger charge is -2.29. The SMILES string of the molecule is COc1ccc(OC)c(CN(Cc2ccccc2)C(=S)N[C@H](C)c2ccccc2)c1. The molecule has 0 bridgehead atoms. The Kier molecular flexibility index (Phi) is 7.69. The molecule has 4 nitrogen and oxygen atoms in total. The number of nitrogens with one attached hydrogen (secondary N) is 1. The zero-order valence-corrected chi connectivity index (χ0v) is 18.5. The first-order valence-corrected chi connectivity index (χ1v) is 10.4. The fraction of sp³-hybridized carbons (Fsp3) is 0.240. The van der Waals surface area contributed by atoms with Crippen LogP contribution in [0.3, 0.4) is 0 Å². The Labute approximate surface area is 184 Å². The molecule has 0 unspecified atom stereocenters. The molecular formula is C25H28N2O2S. The van der Waals surface area contributed by atoms with Crippen molar-refractivity contribution in [3.8, 4) is 11.5 Å². The molecule has 0 heterocycles. The van der Waals surface area contributed by atoms with Crippen LogP contribution in [0.5, 0.6) is 11.5 Å². The maximum Gasteiger partial charge on any atom is 0.170 e. The molecule has 0 saturated carbocycles. The largest absolute Gasteiger partial charge is 0.497 e. The molecule has 3 rings (SSSR count). The van der Waals surface area contributed by atoms with E-state index in [1.54, 1.807) is 14.2 Å². The summed E-state index contributed by atoms with van der Waals surface area (Å²) in [6, 6.07) is 26.6. The van der Waals surface area contributed by atoms with Crippen LogP contribution >= 0.6 is 12.2 Å². The van der Waals surface area contributed by atoms with Gasteiger partial charge in [0, 0.05) is 18.7 Å². The number of nitrogens with zero attached hydrogens (tertiary/aromatic N) is 1. The zero-order chi connectivity index (χ0) is 21.3. The minimum atomic E-state index is 0.101. The Morgan fingerprint density at radius 3 is 2.20 bits per heavy atom. The summed E-state index contributed by atoms with van der Waals surface area (Å²) in [5.41, 5.74) is 3.40. The minimum Gasteiger partial charge on any atom is -0.497 e. The van der Waals surface area contributed by atoms with Crippen molar-refractivity contribution < 1.29 is 9.47 Å². The first-order chi connectivity index (χ1) is 14.6. The molecule has 0 aliphatic heterocycles. The van der Waals surface area contributed by atoms with Crippen LogP contribution < -0.4 is 14.8 Å². The third-order valence-corrected chi connectivity index (χ3v) is 5.37. The molecule has 0 radical (unpaired) electrons. The van der Waals surface area contributed by atoms with Crippen molar-refractivity contribution in [1.82, 2.24) is 10.2 Å². The second kappa shape index (κ2) is 10.6. The van der Waals surface area contributed by atoms with Gasteiger partial charge in [-0.1, -0.05) is 60.7 Å². The number of rotatable bonds is 8. The Hall–Kier alpha value is -3.05. The van der Waals surface area contributed by atoms with E-state index in [0.29, 0.717) is 18.2 Å². The first kappa shape index (κ1) is 21.7. The van der Waals surface area contributed by atoms with Crippen molar-refractivity contribution in [3.05, 3.63) is 95.6 Å². The van der Waals surface area contributed by atoms with Crippen molar-refractivity contribution >= 4 is 17.3 Å². The molecule has 1 N–H and O–H groups in total. The first-order valence-electron chi connectivity index (χ1n) is 9.96. The average Bonchev–Trinajstić information content (AvgIpc) is 2.79. The molecule has 0 spiro atoms. The van der Waals surface area contributed by atoms with Gasteiger partial charge in [0.05, 0.1) is 20.3 Å². The normalized spacial score (nSPS) is 11.4. The summed E-state index contributed by atoms with van der Waals surface area (Å²) in [5, 5.41) is 4.18. The van der Waals surface area contributed by atoms with Crippen LogP contribution in [-0.2, 0) is 13.1 Å². The number of hydrogen-bond donors (Lipinski definition) is 1. The van der Waals surface area contributed by atoms with Crippen molar-refractivity contribution in [2.24, 2.45) is 0 Å². The van der Waals surface area contributed by atoms with Crippen LogP contribution in [-0.4, -0.2) is 24.2 Å². The average molecular weight is 421 g/mol. The fourth-order valence-electron chi connectivity index (χ4n) is 3.32. The smallest absolute Gasteiger partial charge is 0.170 e. The lowest BCUT2D eigenvalue weighted by atomic mass is 10.1. The predicted molar refractivity (Wildman–Crippen MR) is 126 cm³/mol. The summed E-state index contributed by atoms with van der Waals surface area (Å²) in [6.45, 7) is 3.41. The standard InChI is InChI=1S/C25H28N2O2S/c1-19(21-12-8-5-9-13-21)26-25(30)27(17-20-10-6-4-7-11-20)18-22-16-23(28-2)14-15-24(22)29-3/h4-16,19H,17-18H2,1-3H3,(H,26,30)/t19-/m1/s1. The van der Waals surface area contributed by atoms with Crippen molar-refractivity contribution in [2.75, 3.05) is 14.2 Å². The van der Waals surface area contributed by atoms with E-state index in [9.17, 15) is 0 Å². The van der Waals surface area contributed by atoms with Crippen molar-refractivity contribution in [3.63, 3.8) is 0 Å². The van der Waals surface area contributed by atoms with Gasteiger partial charge < -0.3 is 19.7 Å². The third-order valence-electron chi connectivity index (χ3n) is 4.99. The van der Waals surface area contributed by atoms with E-state index in [1.165, 1.54) is 11.1 Å². The molecule has 1 atom stereocenters. The van der Waals surface area contributed by atoms with E-state index in [0.717, 1.165) is 17.1 Å². The quantitative estimate of drug-likeness (QED) is 0.498. The summed E-state index contributed by atoms with van der Waals surface area (Å²) >= 11 is 5.83. The van der Waals surface area contributed by atoms with E-state index < -0.39 is 0 Å². The van der Waals surface area contributed by atoms with E-state index >= 15 is 0 Å². The van der Waals surface area contributed by atoms with Gasteiger partial charge >= 0.3 is 0 Å². The molecule has 3 aromatic rings. The summed E-state index contributed by atoms with van der Waals surface area (Å²) < 4.78 is 11.0. The lowest BCUT2D eigenvalue weighted by molar-refractivity contribution is 0.364. The van der Waals surface area contributed by atoms with Crippen LogP contribution in [0.25, 0.3) is 0 Å². The number of thiocarbonyl (C=S) groups is 1. The molecule has 0 fully saturated rings. The maximum absolute atomic E-state index is 5.83. The highest BCUT2D eigenvalue weighted by molar-refractivity contribution is 7.80. The number of methoxy groups -OCH3 is 2. The summed E-state index contributed by atoms with van der Waals surface area (Å²) in [4.78, 5) is 2.15. The topological polar surface area (TPSA) is 33.7 Å².